The van der Waals surface area contributed by atoms with Crippen molar-refractivity contribution >= 4 is 5.52 Å². The van der Waals surface area contributed by atoms with E-state index in [2.05, 4.69) is 0 Å². The summed E-state index contributed by atoms with van der Waals surface area (Å²) in [7, 11) is 0. The molecule has 0 N–H and O–H groups in total. The summed E-state index contributed by atoms with van der Waals surface area (Å²) in [6, 6.07) is 10.1. The molecule has 0 spiro atoms. The summed E-state index contributed by atoms with van der Waals surface area (Å²) in [6.07, 6.45) is 1.54. The van der Waals surface area contributed by atoms with E-state index in [4.69, 9.17) is 10.5 Å². The molecule has 0 bridgehead atoms. The number of hydrogen-bond donors (Lipinski definition) is 0. The van der Waals surface area contributed by atoms with Gasteiger partial charge in [0.25, 0.3) is 5.56 Å². The van der Waals surface area contributed by atoms with Gasteiger partial charge in [-0.3, -0.25) is 9.20 Å². The van der Waals surface area contributed by atoms with Crippen LogP contribution in [0.2, 0.25) is 0 Å². The topological polar surface area (TPSA) is 69.1 Å². The molecule has 2 aromatic heterocycles. The Morgan fingerprint density at radius 2 is 1.87 bits per heavy atom. The van der Waals surface area contributed by atoms with Crippen molar-refractivity contribution < 1.29 is 0 Å². The smallest absolute Gasteiger partial charge is 0.273 e. The van der Waals surface area contributed by atoms with Crippen LogP contribution in [0.3, 0.4) is 0 Å². The minimum absolute atomic E-state index is 0.0183. The van der Waals surface area contributed by atoms with Crippen molar-refractivity contribution in [2.24, 2.45) is 0 Å². The van der Waals surface area contributed by atoms with E-state index in [1.165, 1.54) is 10.5 Å². The Balaban J connectivity index is 3.07. The highest BCUT2D eigenvalue weighted by Crippen LogP contribution is 2.08. The molecule has 70 valence electrons. The summed E-state index contributed by atoms with van der Waals surface area (Å²) in [5.41, 5.74) is 0.429. The van der Waals surface area contributed by atoms with Crippen LogP contribution in [0.5, 0.6) is 0 Å². The molecule has 0 atom stereocenters. The van der Waals surface area contributed by atoms with E-state index in [-0.39, 0.29) is 5.56 Å². The minimum atomic E-state index is -0.396. The van der Waals surface area contributed by atoms with E-state index < -0.39 is 5.56 Å². The number of nitriles is 2. The van der Waals surface area contributed by atoms with Crippen LogP contribution >= 0.6 is 0 Å². The van der Waals surface area contributed by atoms with Crippen LogP contribution in [-0.4, -0.2) is 4.40 Å². The van der Waals surface area contributed by atoms with Gasteiger partial charge in [0.1, 0.15) is 17.7 Å². The lowest BCUT2D eigenvalue weighted by molar-refractivity contribution is 1.08. The van der Waals surface area contributed by atoms with E-state index in [0.29, 0.717) is 11.1 Å². The van der Waals surface area contributed by atoms with Crippen molar-refractivity contribution in [2.75, 3.05) is 0 Å². The zero-order valence-corrected chi connectivity index (χ0v) is 7.64. The van der Waals surface area contributed by atoms with Gasteiger partial charge in [-0.05, 0) is 18.2 Å². The van der Waals surface area contributed by atoms with E-state index in [0.717, 1.165) is 0 Å². The van der Waals surface area contributed by atoms with Crippen molar-refractivity contribution in [1.82, 2.24) is 4.40 Å². The zero-order chi connectivity index (χ0) is 10.8. The van der Waals surface area contributed by atoms with Crippen molar-refractivity contribution in [3.05, 3.63) is 51.9 Å². The molecule has 0 aromatic carbocycles. The maximum absolute atomic E-state index is 11.7. The number of fused-ring (bicyclic) bond motifs is 1. The molecule has 4 nitrogen and oxygen atoms in total. The predicted molar refractivity (Wildman–Crippen MR) is 53.1 cm³/mol. The molecule has 0 aliphatic carbocycles. The van der Waals surface area contributed by atoms with E-state index >= 15 is 0 Å². The number of hydrogen-bond acceptors (Lipinski definition) is 3. The molecule has 4 heteroatoms. The van der Waals surface area contributed by atoms with E-state index in [1.807, 2.05) is 6.07 Å². The third-order valence-electron chi connectivity index (χ3n) is 2.11. The predicted octanol–water partition coefficient (Wildman–Crippen LogP) is 1.04. The van der Waals surface area contributed by atoms with Gasteiger partial charge in [0.2, 0.25) is 0 Å². The molecule has 0 aliphatic rings. The van der Waals surface area contributed by atoms with Gasteiger partial charge in [-0.1, -0.05) is 6.07 Å². The second-order valence-electron chi connectivity index (χ2n) is 2.96. The lowest BCUT2D eigenvalue weighted by Gasteiger charge is -2.01. The first kappa shape index (κ1) is 8.98. The van der Waals surface area contributed by atoms with Gasteiger partial charge in [-0.15, -0.1) is 0 Å². The summed E-state index contributed by atoms with van der Waals surface area (Å²) in [5, 5.41) is 17.6. The average Bonchev–Trinajstić information content (AvgIpc) is 2.30. The third-order valence-corrected chi connectivity index (χ3v) is 2.11. The third kappa shape index (κ3) is 1.25. The molecular weight excluding hydrogens is 190 g/mol. The summed E-state index contributed by atoms with van der Waals surface area (Å²) in [5.74, 6) is 0. The first-order chi connectivity index (χ1) is 7.27. The van der Waals surface area contributed by atoms with Gasteiger partial charge >= 0.3 is 0 Å². The van der Waals surface area contributed by atoms with Gasteiger partial charge in [-0.25, -0.2) is 0 Å². The van der Waals surface area contributed by atoms with Crippen molar-refractivity contribution in [3.8, 4) is 12.1 Å². The molecule has 15 heavy (non-hydrogen) atoms. The highest BCUT2D eigenvalue weighted by Gasteiger charge is 2.07. The zero-order valence-electron chi connectivity index (χ0n) is 7.64. The molecule has 2 rings (SSSR count). The average molecular weight is 195 g/mol. The number of pyridine rings is 2. The second-order valence-corrected chi connectivity index (χ2v) is 2.96. The fourth-order valence-corrected chi connectivity index (χ4v) is 1.42. The minimum Gasteiger partial charge on any atom is -0.282 e. The number of aromatic nitrogens is 1. The highest BCUT2D eigenvalue weighted by atomic mass is 16.1. The van der Waals surface area contributed by atoms with Gasteiger partial charge in [0.05, 0.1) is 11.1 Å². The Hall–Kier alpha value is -2.59. The van der Waals surface area contributed by atoms with E-state index in [9.17, 15) is 4.79 Å². The molecule has 0 fully saturated rings. The van der Waals surface area contributed by atoms with Crippen molar-refractivity contribution in [3.63, 3.8) is 0 Å². The Morgan fingerprint density at radius 1 is 1.13 bits per heavy atom. The van der Waals surface area contributed by atoms with Crippen LogP contribution in [0.1, 0.15) is 11.1 Å². The Kier molecular flexibility index (Phi) is 1.97. The quantitative estimate of drug-likeness (QED) is 0.630. The lowest BCUT2D eigenvalue weighted by Crippen LogP contribution is -2.17. The summed E-state index contributed by atoms with van der Waals surface area (Å²) in [6.45, 7) is 0. The molecule has 2 aromatic rings. The molecule has 0 aliphatic heterocycles. The summed E-state index contributed by atoms with van der Waals surface area (Å²) >= 11 is 0. The van der Waals surface area contributed by atoms with E-state index in [1.54, 1.807) is 30.5 Å². The fourth-order valence-electron chi connectivity index (χ4n) is 1.42. The first-order valence-electron chi connectivity index (χ1n) is 4.22. The fraction of sp³-hybridized carbons (Fsp3) is 0. The normalized spacial score (nSPS) is 9.47. The molecular formula is C11H5N3O. The Bertz CT molecular complexity index is 671. The lowest BCUT2D eigenvalue weighted by atomic mass is 10.1. The van der Waals surface area contributed by atoms with Crippen LogP contribution < -0.4 is 5.56 Å². The standard InChI is InChI=1S/C11H5N3O/c12-6-8-5-9(7-13)11(15)14-4-2-1-3-10(8)14/h1-5H. The molecule has 0 saturated heterocycles. The second kappa shape index (κ2) is 3.28. The summed E-state index contributed by atoms with van der Waals surface area (Å²) < 4.78 is 1.30. The van der Waals surface area contributed by atoms with Gasteiger partial charge in [-0.2, -0.15) is 10.5 Å². The molecule has 0 saturated carbocycles. The maximum atomic E-state index is 11.7. The molecule has 2 heterocycles. The Labute approximate surface area is 85.2 Å². The largest absolute Gasteiger partial charge is 0.282 e. The van der Waals surface area contributed by atoms with Crippen LogP contribution in [0, 0.1) is 22.7 Å². The van der Waals surface area contributed by atoms with Crippen LogP contribution in [0.25, 0.3) is 5.52 Å². The van der Waals surface area contributed by atoms with Crippen molar-refractivity contribution in [2.45, 2.75) is 0 Å². The van der Waals surface area contributed by atoms with Gasteiger partial charge in [0, 0.05) is 6.20 Å². The highest BCUT2D eigenvalue weighted by molar-refractivity contribution is 5.62. The monoisotopic (exact) mass is 195 g/mol. The van der Waals surface area contributed by atoms with Crippen LogP contribution in [0.4, 0.5) is 0 Å². The number of rotatable bonds is 0. The number of nitrogens with zero attached hydrogens (tertiary/aromatic N) is 3. The van der Waals surface area contributed by atoms with Gasteiger partial charge < -0.3 is 0 Å². The Morgan fingerprint density at radius 3 is 2.53 bits per heavy atom. The van der Waals surface area contributed by atoms with Crippen molar-refractivity contribution in [1.29, 1.82) is 10.5 Å². The maximum Gasteiger partial charge on any atom is 0.273 e. The van der Waals surface area contributed by atoms with Gasteiger partial charge in [0.15, 0.2) is 0 Å². The van der Waals surface area contributed by atoms with Crippen LogP contribution in [0.15, 0.2) is 35.3 Å². The molecule has 0 radical (unpaired) electrons. The first-order valence-corrected chi connectivity index (χ1v) is 4.22. The molecule has 0 amide bonds. The SMILES string of the molecule is N#Cc1cc(C#N)c2ccccn2c1=O. The van der Waals surface area contributed by atoms with Crippen LogP contribution in [-0.2, 0) is 0 Å². The molecule has 0 unspecified atom stereocenters. The summed E-state index contributed by atoms with van der Waals surface area (Å²) in [4.78, 5) is 11.7.